The summed E-state index contributed by atoms with van der Waals surface area (Å²) in [6, 6.07) is 16.0. The van der Waals surface area contributed by atoms with Crippen LogP contribution in [-0.4, -0.2) is 29.4 Å². The van der Waals surface area contributed by atoms with Gasteiger partial charge in [-0.3, -0.25) is 4.79 Å². The van der Waals surface area contributed by atoms with Crippen molar-refractivity contribution >= 4 is 17.2 Å². The topological polar surface area (TPSA) is 42.4 Å². The summed E-state index contributed by atoms with van der Waals surface area (Å²) in [6.45, 7) is 1.33. The Morgan fingerprint density at radius 1 is 1.16 bits per heavy atom. The average Bonchev–Trinajstić information content (AvgIpc) is 3.17. The zero-order chi connectivity index (χ0) is 17.2. The summed E-state index contributed by atoms with van der Waals surface area (Å²) in [5, 5.41) is 2.74. The number of ether oxygens (including phenoxy) is 1. The second-order valence-electron chi connectivity index (χ2n) is 6.02. The third-order valence-electron chi connectivity index (χ3n) is 4.46. The van der Waals surface area contributed by atoms with Crippen LogP contribution in [0, 0.1) is 0 Å². The number of carbonyl (C=O) groups excluding carboxylic acids is 1. The molecule has 0 atom stereocenters. The number of nitrogens with zero attached hydrogens (tertiary/aromatic N) is 2. The fourth-order valence-electron chi connectivity index (χ4n) is 3.08. The molecule has 0 saturated heterocycles. The van der Waals surface area contributed by atoms with Gasteiger partial charge < -0.3 is 9.64 Å². The third-order valence-corrected chi connectivity index (χ3v) is 5.35. The molecule has 0 radical (unpaired) electrons. The molecule has 2 aromatic carbocycles. The van der Waals surface area contributed by atoms with Gasteiger partial charge in [0.25, 0.3) is 5.91 Å². The predicted molar refractivity (Wildman–Crippen MR) is 99.0 cm³/mol. The summed E-state index contributed by atoms with van der Waals surface area (Å²) in [5.41, 5.74) is 4.01. The van der Waals surface area contributed by atoms with E-state index in [4.69, 9.17) is 4.74 Å². The van der Waals surface area contributed by atoms with Crippen molar-refractivity contribution in [2.75, 3.05) is 13.7 Å². The minimum Gasteiger partial charge on any atom is -0.497 e. The first-order chi connectivity index (χ1) is 12.2. The molecule has 0 unspecified atom stereocenters. The molecule has 0 saturated carbocycles. The van der Waals surface area contributed by atoms with Gasteiger partial charge in [0.2, 0.25) is 0 Å². The first kappa shape index (κ1) is 15.8. The van der Waals surface area contributed by atoms with Crippen LogP contribution in [0.25, 0.3) is 10.6 Å². The van der Waals surface area contributed by atoms with Crippen LogP contribution in [0.2, 0.25) is 0 Å². The van der Waals surface area contributed by atoms with Gasteiger partial charge in [-0.2, -0.15) is 0 Å². The number of hydrogen-bond acceptors (Lipinski definition) is 4. The highest BCUT2D eigenvalue weighted by molar-refractivity contribution is 7.13. The van der Waals surface area contributed by atoms with Gasteiger partial charge in [-0.15, -0.1) is 11.3 Å². The molecule has 1 amide bonds. The number of aromatic nitrogens is 1. The van der Waals surface area contributed by atoms with Gasteiger partial charge >= 0.3 is 0 Å². The normalized spacial score (nSPS) is 13.4. The van der Waals surface area contributed by atoms with Crippen LogP contribution in [0.3, 0.4) is 0 Å². The number of hydrogen-bond donors (Lipinski definition) is 0. The maximum atomic E-state index is 12.8. The molecule has 3 aromatic rings. The Kier molecular flexibility index (Phi) is 4.24. The molecule has 25 heavy (non-hydrogen) atoms. The van der Waals surface area contributed by atoms with Gasteiger partial charge in [0.05, 0.1) is 7.11 Å². The number of benzene rings is 2. The Morgan fingerprint density at radius 3 is 2.80 bits per heavy atom. The minimum absolute atomic E-state index is 0.0000934. The van der Waals surface area contributed by atoms with Crippen LogP contribution in [0.1, 0.15) is 21.6 Å². The average molecular weight is 350 g/mol. The smallest absolute Gasteiger partial charge is 0.273 e. The lowest BCUT2D eigenvalue weighted by atomic mass is 9.99. The first-order valence-electron chi connectivity index (χ1n) is 8.20. The molecule has 0 bridgehead atoms. The zero-order valence-corrected chi connectivity index (χ0v) is 14.8. The largest absolute Gasteiger partial charge is 0.497 e. The van der Waals surface area contributed by atoms with Gasteiger partial charge in [-0.25, -0.2) is 4.98 Å². The molecule has 0 spiro atoms. The van der Waals surface area contributed by atoms with Gasteiger partial charge in [-0.05, 0) is 29.7 Å². The van der Waals surface area contributed by atoms with Crippen LogP contribution in [0.15, 0.2) is 53.9 Å². The SMILES string of the molecule is COc1ccc2c(c1)CCN(C(=O)c1csc(-c3ccccc3)n1)C2. The Hall–Kier alpha value is -2.66. The van der Waals surface area contributed by atoms with Crippen molar-refractivity contribution in [3.63, 3.8) is 0 Å². The van der Waals surface area contributed by atoms with Crippen molar-refractivity contribution in [3.05, 3.63) is 70.7 Å². The van der Waals surface area contributed by atoms with Gasteiger partial charge in [0.1, 0.15) is 16.5 Å². The Morgan fingerprint density at radius 2 is 2.00 bits per heavy atom. The van der Waals surface area contributed by atoms with E-state index in [1.807, 2.05) is 52.7 Å². The van der Waals surface area contributed by atoms with Crippen LogP contribution in [-0.2, 0) is 13.0 Å². The highest BCUT2D eigenvalue weighted by atomic mass is 32.1. The van der Waals surface area contributed by atoms with Gasteiger partial charge in [-0.1, -0.05) is 36.4 Å². The number of thiazole rings is 1. The highest BCUT2D eigenvalue weighted by Gasteiger charge is 2.24. The summed E-state index contributed by atoms with van der Waals surface area (Å²) in [5.74, 6) is 0.866. The van der Waals surface area contributed by atoms with Gasteiger partial charge in [0, 0.05) is 24.0 Å². The van der Waals surface area contributed by atoms with Crippen molar-refractivity contribution in [2.24, 2.45) is 0 Å². The molecule has 126 valence electrons. The van der Waals surface area contributed by atoms with Crippen molar-refractivity contribution in [1.29, 1.82) is 0 Å². The van der Waals surface area contributed by atoms with Crippen molar-refractivity contribution in [1.82, 2.24) is 9.88 Å². The highest BCUT2D eigenvalue weighted by Crippen LogP contribution is 2.27. The fraction of sp³-hybridized carbons (Fsp3) is 0.200. The maximum Gasteiger partial charge on any atom is 0.273 e. The van der Waals surface area contributed by atoms with Crippen LogP contribution in [0.5, 0.6) is 5.75 Å². The lowest BCUT2D eigenvalue weighted by molar-refractivity contribution is 0.0729. The summed E-state index contributed by atoms with van der Waals surface area (Å²) in [6.07, 6.45) is 0.841. The quantitative estimate of drug-likeness (QED) is 0.716. The summed E-state index contributed by atoms with van der Waals surface area (Å²) in [4.78, 5) is 19.2. The molecule has 0 aliphatic carbocycles. The molecule has 4 nitrogen and oxygen atoms in total. The molecule has 1 aliphatic rings. The number of carbonyl (C=O) groups is 1. The van der Waals surface area contributed by atoms with Crippen molar-refractivity contribution < 1.29 is 9.53 Å². The van der Waals surface area contributed by atoms with Crippen molar-refractivity contribution in [3.8, 4) is 16.3 Å². The van der Waals surface area contributed by atoms with E-state index in [1.54, 1.807) is 7.11 Å². The monoisotopic (exact) mass is 350 g/mol. The summed E-state index contributed by atoms with van der Waals surface area (Å²) < 4.78 is 5.28. The molecular formula is C20H18N2O2S. The molecule has 1 aromatic heterocycles. The summed E-state index contributed by atoms with van der Waals surface area (Å²) >= 11 is 1.51. The zero-order valence-electron chi connectivity index (χ0n) is 13.9. The molecule has 2 heterocycles. The van der Waals surface area contributed by atoms with Crippen LogP contribution >= 0.6 is 11.3 Å². The minimum atomic E-state index is -0.0000934. The fourth-order valence-corrected chi connectivity index (χ4v) is 3.88. The van der Waals surface area contributed by atoms with E-state index in [0.29, 0.717) is 18.8 Å². The van der Waals surface area contributed by atoms with Crippen molar-refractivity contribution in [2.45, 2.75) is 13.0 Å². The Bertz CT molecular complexity index is 905. The molecule has 1 aliphatic heterocycles. The lowest BCUT2D eigenvalue weighted by Crippen LogP contribution is -2.36. The van der Waals surface area contributed by atoms with E-state index in [-0.39, 0.29) is 5.91 Å². The Labute approximate surface area is 150 Å². The van der Waals surface area contributed by atoms with E-state index in [9.17, 15) is 4.79 Å². The van der Waals surface area contributed by atoms with E-state index in [2.05, 4.69) is 11.1 Å². The first-order valence-corrected chi connectivity index (χ1v) is 9.08. The predicted octanol–water partition coefficient (Wildman–Crippen LogP) is 4.02. The van der Waals surface area contributed by atoms with Crippen LogP contribution in [0.4, 0.5) is 0 Å². The van der Waals surface area contributed by atoms with E-state index in [1.165, 1.54) is 22.5 Å². The molecule has 0 fully saturated rings. The van der Waals surface area contributed by atoms with E-state index < -0.39 is 0 Å². The molecule has 4 rings (SSSR count). The lowest BCUT2D eigenvalue weighted by Gasteiger charge is -2.28. The van der Waals surface area contributed by atoms with E-state index in [0.717, 1.165) is 22.7 Å². The molecule has 5 heteroatoms. The Balaban J connectivity index is 1.53. The standard InChI is InChI=1S/C20H18N2O2S/c1-24-17-8-7-16-12-22(10-9-15(16)11-17)20(23)18-13-25-19(21-18)14-5-3-2-4-6-14/h2-8,11,13H,9-10,12H2,1H3. The summed E-state index contributed by atoms with van der Waals surface area (Å²) in [7, 11) is 1.67. The maximum absolute atomic E-state index is 12.8. The number of amides is 1. The second-order valence-corrected chi connectivity index (χ2v) is 6.87. The molecular weight excluding hydrogens is 332 g/mol. The second kappa shape index (κ2) is 6.69. The third kappa shape index (κ3) is 3.15. The number of fused-ring (bicyclic) bond motifs is 1. The van der Waals surface area contributed by atoms with Crippen LogP contribution < -0.4 is 4.74 Å². The number of methoxy groups -OCH3 is 1. The number of rotatable bonds is 3. The van der Waals surface area contributed by atoms with E-state index >= 15 is 0 Å². The molecule has 0 N–H and O–H groups in total. The van der Waals surface area contributed by atoms with Gasteiger partial charge in [0.15, 0.2) is 0 Å².